The number of hydrogen-bond acceptors (Lipinski definition) is 0. The molecule has 0 aliphatic carbocycles. The van der Waals surface area contributed by atoms with Gasteiger partial charge in [-0.25, -0.2) is 0 Å². The Morgan fingerprint density at radius 1 is 0.346 bits per heavy atom. The van der Waals surface area contributed by atoms with E-state index >= 15 is 0 Å². The van der Waals surface area contributed by atoms with Gasteiger partial charge in [-0.15, -0.1) is 0 Å². The SMILES string of the molecule is CCCCCCCCCCCCCCC(C)CCCC(C)CCCCC. The van der Waals surface area contributed by atoms with E-state index in [1.807, 2.05) is 0 Å². The summed E-state index contributed by atoms with van der Waals surface area (Å²) in [6.45, 7) is 9.56. The molecule has 0 radical (unpaired) electrons. The van der Waals surface area contributed by atoms with Crippen LogP contribution in [0.4, 0.5) is 0 Å². The molecule has 0 aromatic rings. The van der Waals surface area contributed by atoms with Crippen LogP contribution in [0.1, 0.15) is 156 Å². The summed E-state index contributed by atoms with van der Waals surface area (Å²) in [6, 6.07) is 0. The molecule has 0 nitrogen and oxygen atoms in total. The highest BCUT2D eigenvalue weighted by Gasteiger charge is 2.05. The van der Waals surface area contributed by atoms with Crippen LogP contribution in [0.2, 0.25) is 0 Å². The third-order valence-electron chi connectivity index (χ3n) is 6.24. The molecule has 0 bridgehead atoms. The van der Waals surface area contributed by atoms with Gasteiger partial charge in [0, 0.05) is 0 Å². The van der Waals surface area contributed by atoms with Crippen molar-refractivity contribution in [2.75, 3.05) is 0 Å². The van der Waals surface area contributed by atoms with Crippen molar-refractivity contribution in [2.45, 2.75) is 156 Å². The maximum absolute atomic E-state index is 2.49. The highest BCUT2D eigenvalue weighted by molar-refractivity contribution is 4.59. The van der Waals surface area contributed by atoms with Crippen molar-refractivity contribution < 1.29 is 0 Å². The van der Waals surface area contributed by atoms with E-state index in [-0.39, 0.29) is 0 Å². The minimum atomic E-state index is 0.959. The molecule has 0 spiro atoms. The van der Waals surface area contributed by atoms with E-state index in [9.17, 15) is 0 Å². The molecule has 0 saturated heterocycles. The molecule has 0 aromatic carbocycles. The van der Waals surface area contributed by atoms with E-state index in [0.29, 0.717) is 0 Å². The molecule has 0 N–H and O–H groups in total. The molecule has 0 rings (SSSR count). The van der Waals surface area contributed by atoms with Crippen molar-refractivity contribution in [3.8, 4) is 0 Å². The highest BCUT2D eigenvalue weighted by atomic mass is 14.1. The van der Waals surface area contributed by atoms with E-state index in [1.165, 1.54) is 128 Å². The first-order valence-corrected chi connectivity index (χ1v) is 12.7. The van der Waals surface area contributed by atoms with Gasteiger partial charge in [0.05, 0.1) is 0 Å². The summed E-state index contributed by atoms with van der Waals surface area (Å²) in [5.74, 6) is 1.92. The van der Waals surface area contributed by atoms with Crippen LogP contribution in [0.25, 0.3) is 0 Å². The van der Waals surface area contributed by atoms with Crippen molar-refractivity contribution in [3.05, 3.63) is 0 Å². The number of rotatable bonds is 21. The molecular weight excluding hydrogens is 312 g/mol. The van der Waals surface area contributed by atoms with Crippen LogP contribution in [0.5, 0.6) is 0 Å². The van der Waals surface area contributed by atoms with Crippen LogP contribution in [0.3, 0.4) is 0 Å². The molecule has 2 atom stereocenters. The van der Waals surface area contributed by atoms with Gasteiger partial charge in [0.1, 0.15) is 0 Å². The summed E-state index contributed by atoms with van der Waals surface area (Å²) >= 11 is 0. The molecule has 2 unspecified atom stereocenters. The lowest BCUT2D eigenvalue weighted by Crippen LogP contribution is -1.99. The van der Waals surface area contributed by atoms with E-state index in [1.54, 1.807) is 0 Å². The van der Waals surface area contributed by atoms with Crippen LogP contribution < -0.4 is 0 Å². The van der Waals surface area contributed by atoms with E-state index < -0.39 is 0 Å². The third-order valence-corrected chi connectivity index (χ3v) is 6.24. The lowest BCUT2D eigenvalue weighted by molar-refractivity contribution is 0.392. The number of unbranched alkanes of at least 4 members (excludes halogenated alkanes) is 13. The lowest BCUT2D eigenvalue weighted by Gasteiger charge is -2.14. The molecule has 0 aliphatic rings. The van der Waals surface area contributed by atoms with Crippen molar-refractivity contribution in [1.29, 1.82) is 0 Å². The topological polar surface area (TPSA) is 0 Å². The Balaban J connectivity index is 3.22. The van der Waals surface area contributed by atoms with Gasteiger partial charge < -0.3 is 0 Å². The highest BCUT2D eigenvalue weighted by Crippen LogP contribution is 2.21. The predicted molar refractivity (Wildman–Crippen MR) is 122 cm³/mol. The first-order valence-electron chi connectivity index (χ1n) is 12.7. The quantitative estimate of drug-likeness (QED) is 0.177. The molecule has 0 heteroatoms. The van der Waals surface area contributed by atoms with Crippen molar-refractivity contribution >= 4 is 0 Å². The van der Waals surface area contributed by atoms with Crippen LogP contribution in [-0.2, 0) is 0 Å². The molecule has 0 aliphatic heterocycles. The first kappa shape index (κ1) is 26.0. The Kier molecular flexibility index (Phi) is 21.3. The van der Waals surface area contributed by atoms with Gasteiger partial charge in [-0.3, -0.25) is 0 Å². The summed E-state index contributed by atoms with van der Waals surface area (Å²) in [5.41, 5.74) is 0. The zero-order valence-electron chi connectivity index (χ0n) is 19.3. The molecule has 0 fully saturated rings. The Labute approximate surface area is 168 Å². The third kappa shape index (κ3) is 20.3. The maximum atomic E-state index is 2.49. The Morgan fingerprint density at radius 3 is 1.04 bits per heavy atom. The van der Waals surface area contributed by atoms with Gasteiger partial charge in [0.2, 0.25) is 0 Å². The zero-order chi connectivity index (χ0) is 19.3. The molecule has 0 saturated carbocycles. The fraction of sp³-hybridized carbons (Fsp3) is 1.00. The fourth-order valence-corrected chi connectivity index (χ4v) is 4.18. The van der Waals surface area contributed by atoms with E-state index in [2.05, 4.69) is 27.7 Å². The summed E-state index contributed by atoms with van der Waals surface area (Å²) in [7, 11) is 0. The average Bonchev–Trinajstić information content (AvgIpc) is 2.63. The molecule has 0 amide bonds. The van der Waals surface area contributed by atoms with Crippen LogP contribution in [0.15, 0.2) is 0 Å². The van der Waals surface area contributed by atoms with Crippen molar-refractivity contribution in [2.24, 2.45) is 11.8 Å². The normalized spacial score (nSPS) is 13.8. The molecule has 158 valence electrons. The Bertz CT molecular complexity index is 244. The lowest BCUT2D eigenvalue weighted by atomic mass is 9.92. The average molecular weight is 367 g/mol. The van der Waals surface area contributed by atoms with Crippen LogP contribution in [-0.4, -0.2) is 0 Å². The van der Waals surface area contributed by atoms with Gasteiger partial charge in [-0.05, 0) is 11.8 Å². The smallest absolute Gasteiger partial charge is 0.0443 e. The monoisotopic (exact) mass is 366 g/mol. The maximum Gasteiger partial charge on any atom is -0.0443 e. The molecule has 0 heterocycles. The second kappa shape index (κ2) is 21.3. The summed E-state index contributed by atoms with van der Waals surface area (Å²) in [5, 5.41) is 0. The Morgan fingerprint density at radius 2 is 0.615 bits per heavy atom. The number of hydrogen-bond donors (Lipinski definition) is 0. The van der Waals surface area contributed by atoms with E-state index in [4.69, 9.17) is 0 Å². The summed E-state index contributed by atoms with van der Waals surface area (Å²) in [4.78, 5) is 0. The summed E-state index contributed by atoms with van der Waals surface area (Å²) in [6.07, 6.45) is 29.2. The van der Waals surface area contributed by atoms with Gasteiger partial charge in [-0.1, -0.05) is 156 Å². The second-order valence-electron chi connectivity index (χ2n) is 9.31. The molecule has 26 heavy (non-hydrogen) atoms. The van der Waals surface area contributed by atoms with Gasteiger partial charge in [-0.2, -0.15) is 0 Å². The predicted octanol–water partition coefficient (Wildman–Crippen LogP) is 10.1. The Hall–Kier alpha value is 0. The van der Waals surface area contributed by atoms with Crippen molar-refractivity contribution in [1.82, 2.24) is 0 Å². The fourth-order valence-electron chi connectivity index (χ4n) is 4.18. The van der Waals surface area contributed by atoms with Gasteiger partial charge in [0.25, 0.3) is 0 Å². The minimum absolute atomic E-state index is 0.959. The molecule has 0 aromatic heterocycles. The standard InChI is InChI=1S/C26H54/c1-5-7-9-10-11-12-13-14-15-16-17-19-22-26(4)24-20-23-25(3)21-18-8-6-2/h25-26H,5-24H2,1-4H3. The van der Waals surface area contributed by atoms with Gasteiger partial charge in [0.15, 0.2) is 0 Å². The molecular formula is C26H54. The van der Waals surface area contributed by atoms with E-state index in [0.717, 1.165) is 11.8 Å². The first-order chi connectivity index (χ1) is 12.7. The van der Waals surface area contributed by atoms with Crippen molar-refractivity contribution in [3.63, 3.8) is 0 Å². The zero-order valence-corrected chi connectivity index (χ0v) is 19.3. The second-order valence-corrected chi connectivity index (χ2v) is 9.31. The van der Waals surface area contributed by atoms with Crippen LogP contribution in [0, 0.1) is 11.8 Å². The minimum Gasteiger partial charge on any atom is -0.0654 e. The van der Waals surface area contributed by atoms with Crippen LogP contribution >= 0.6 is 0 Å². The largest absolute Gasteiger partial charge is 0.0654 e. The summed E-state index contributed by atoms with van der Waals surface area (Å²) < 4.78 is 0. The van der Waals surface area contributed by atoms with Gasteiger partial charge >= 0.3 is 0 Å².